The van der Waals surface area contributed by atoms with Crippen LogP contribution >= 0.6 is 0 Å². The van der Waals surface area contributed by atoms with Crippen LogP contribution in [0.15, 0.2) is 29.2 Å². The van der Waals surface area contributed by atoms with Gasteiger partial charge in [-0.05, 0) is 6.07 Å². The highest BCUT2D eigenvalue weighted by molar-refractivity contribution is 7.91. The van der Waals surface area contributed by atoms with Crippen LogP contribution in [-0.2, 0) is 9.84 Å². The van der Waals surface area contributed by atoms with Gasteiger partial charge in [-0.15, -0.1) is 0 Å². The van der Waals surface area contributed by atoms with E-state index in [0.717, 1.165) is 0 Å². The number of para-hydroxylation sites is 1. The van der Waals surface area contributed by atoms with Gasteiger partial charge in [0.15, 0.2) is 9.84 Å². The Bertz CT molecular complexity index is 452. The van der Waals surface area contributed by atoms with E-state index in [1.165, 1.54) is 31.2 Å². The molecule has 0 fully saturated rings. The third kappa shape index (κ3) is 1.90. The van der Waals surface area contributed by atoms with E-state index in [1.807, 2.05) is 0 Å². The molecule has 0 radical (unpaired) electrons. The fourth-order valence-corrected chi connectivity index (χ4v) is 2.08. The van der Waals surface area contributed by atoms with Crippen molar-refractivity contribution in [3.8, 4) is 0 Å². The molecule has 0 aliphatic carbocycles. The molecule has 0 heterocycles. The van der Waals surface area contributed by atoms with E-state index < -0.39 is 14.8 Å². The molecule has 1 aromatic carbocycles. The van der Waals surface area contributed by atoms with E-state index >= 15 is 0 Å². The molecule has 0 bridgehead atoms. The lowest BCUT2D eigenvalue weighted by Gasteiger charge is -2.01. The molecule has 0 aliphatic heterocycles. The first-order chi connectivity index (χ1) is 6.49. The van der Waals surface area contributed by atoms with E-state index in [-0.39, 0.29) is 16.3 Å². The summed E-state index contributed by atoms with van der Waals surface area (Å²) in [6, 6.07) is 5.34. The van der Waals surface area contributed by atoms with Crippen molar-refractivity contribution < 1.29 is 13.3 Å². The Balaban J connectivity index is 3.42. The summed E-state index contributed by atoms with van der Waals surface area (Å²) in [4.78, 5) is 9.62. The molecule has 76 valence electrons. The number of benzene rings is 1. The van der Waals surface area contributed by atoms with Crippen LogP contribution in [0.2, 0.25) is 0 Å². The van der Waals surface area contributed by atoms with Crippen LogP contribution in [0.3, 0.4) is 0 Å². The van der Waals surface area contributed by atoms with Crippen LogP contribution in [0.5, 0.6) is 0 Å². The Hall–Kier alpha value is -1.43. The van der Waals surface area contributed by atoms with Crippen molar-refractivity contribution in [2.24, 2.45) is 0 Å². The molecule has 0 atom stereocenters. The van der Waals surface area contributed by atoms with Crippen molar-refractivity contribution in [1.82, 2.24) is 0 Å². The molecular weight excluding hydrogens is 206 g/mol. The quantitative estimate of drug-likeness (QED) is 0.563. The molecular formula is C8H9NO4S. The third-order valence-corrected chi connectivity index (χ3v) is 3.55. The molecule has 0 aliphatic rings. The second-order valence-corrected chi connectivity index (χ2v) is 4.87. The standard InChI is InChI=1S/C8H9NO4S/c1-2-14(12,13)8-6-4-3-5-7(8)9(10)11/h3-6H,2H2,1H3. The van der Waals surface area contributed by atoms with Crippen molar-refractivity contribution in [3.63, 3.8) is 0 Å². The first-order valence-corrected chi connectivity index (χ1v) is 5.60. The summed E-state index contributed by atoms with van der Waals surface area (Å²) < 4.78 is 22.8. The van der Waals surface area contributed by atoms with Gasteiger partial charge in [0.2, 0.25) is 0 Å². The molecule has 6 heteroatoms. The summed E-state index contributed by atoms with van der Waals surface area (Å²) in [7, 11) is -3.52. The third-order valence-electron chi connectivity index (χ3n) is 1.78. The topological polar surface area (TPSA) is 77.3 Å². The van der Waals surface area contributed by atoms with Crippen LogP contribution in [-0.4, -0.2) is 19.1 Å². The van der Waals surface area contributed by atoms with Crippen LogP contribution < -0.4 is 0 Å². The van der Waals surface area contributed by atoms with Gasteiger partial charge in [-0.3, -0.25) is 10.1 Å². The van der Waals surface area contributed by atoms with Gasteiger partial charge >= 0.3 is 0 Å². The van der Waals surface area contributed by atoms with Crippen LogP contribution in [0.25, 0.3) is 0 Å². The largest absolute Gasteiger partial charge is 0.287 e. The number of nitro benzene ring substituents is 1. The molecule has 1 rings (SSSR count). The second kappa shape index (κ2) is 3.75. The summed E-state index contributed by atoms with van der Waals surface area (Å²) in [5.41, 5.74) is -0.366. The first kappa shape index (κ1) is 10.6. The summed E-state index contributed by atoms with van der Waals surface area (Å²) in [6.07, 6.45) is 0. The fraction of sp³-hybridized carbons (Fsp3) is 0.250. The normalized spacial score (nSPS) is 11.2. The summed E-state index contributed by atoms with van der Waals surface area (Å²) in [6.45, 7) is 1.45. The summed E-state index contributed by atoms with van der Waals surface area (Å²) in [5.74, 6) is -0.141. The van der Waals surface area contributed by atoms with Crippen molar-refractivity contribution in [3.05, 3.63) is 34.4 Å². The minimum atomic E-state index is -3.52. The van der Waals surface area contributed by atoms with E-state index in [4.69, 9.17) is 0 Å². The predicted octanol–water partition coefficient (Wildman–Crippen LogP) is 1.39. The highest BCUT2D eigenvalue weighted by Crippen LogP contribution is 2.23. The van der Waals surface area contributed by atoms with Crippen molar-refractivity contribution in [1.29, 1.82) is 0 Å². The smallest absolute Gasteiger partial charge is 0.258 e. The maximum atomic E-state index is 11.4. The van der Waals surface area contributed by atoms with E-state index in [0.29, 0.717) is 0 Å². The Morgan fingerprint density at radius 2 is 1.93 bits per heavy atom. The highest BCUT2D eigenvalue weighted by Gasteiger charge is 2.22. The van der Waals surface area contributed by atoms with Gasteiger partial charge in [0.05, 0.1) is 10.7 Å². The van der Waals surface area contributed by atoms with Crippen LogP contribution in [0.4, 0.5) is 5.69 Å². The van der Waals surface area contributed by atoms with E-state index in [1.54, 1.807) is 0 Å². The maximum Gasteiger partial charge on any atom is 0.287 e. The van der Waals surface area contributed by atoms with Gasteiger partial charge in [-0.25, -0.2) is 8.42 Å². The zero-order valence-electron chi connectivity index (χ0n) is 7.50. The fourth-order valence-electron chi connectivity index (χ4n) is 1.03. The monoisotopic (exact) mass is 215 g/mol. The molecule has 1 aromatic rings. The molecule has 0 amide bonds. The predicted molar refractivity (Wildman–Crippen MR) is 50.8 cm³/mol. The van der Waals surface area contributed by atoms with Crippen LogP contribution in [0, 0.1) is 10.1 Å². The lowest BCUT2D eigenvalue weighted by molar-refractivity contribution is -0.387. The van der Waals surface area contributed by atoms with Gasteiger partial charge in [-0.1, -0.05) is 19.1 Å². The average Bonchev–Trinajstić information content (AvgIpc) is 2.18. The molecule has 0 aromatic heterocycles. The Kier molecular flexibility index (Phi) is 2.85. The molecule has 14 heavy (non-hydrogen) atoms. The Morgan fingerprint density at radius 1 is 1.36 bits per heavy atom. The van der Waals surface area contributed by atoms with E-state index in [2.05, 4.69) is 0 Å². The van der Waals surface area contributed by atoms with Crippen LogP contribution in [0.1, 0.15) is 6.92 Å². The Labute approximate surface area is 81.4 Å². The van der Waals surface area contributed by atoms with Gasteiger partial charge in [0, 0.05) is 6.07 Å². The van der Waals surface area contributed by atoms with Gasteiger partial charge in [0.1, 0.15) is 4.90 Å². The van der Waals surface area contributed by atoms with E-state index in [9.17, 15) is 18.5 Å². The molecule has 5 nitrogen and oxygen atoms in total. The molecule has 0 N–H and O–H groups in total. The first-order valence-electron chi connectivity index (χ1n) is 3.95. The van der Waals surface area contributed by atoms with Crippen molar-refractivity contribution in [2.45, 2.75) is 11.8 Å². The number of hydrogen-bond donors (Lipinski definition) is 0. The van der Waals surface area contributed by atoms with Crippen molar-refractivity contribution >= 4 is 15.5 Å². The van der Waals surface area contributed by atoms with Gasteiger partial charge in [0.25, 0.3) is 5.69 Å². The number of nitrogens with zero attached hydrogens (tertiary/aromatic N) is 1. The highest BCUT2D eigenvalue weighted by atomic mass is 32.2. The van der Waals surface area contributed by atoms with Crippen molar-refractivity contribution in [2.75, 3.05) is 5.75 Å². The number of sulfone groups is 1. The molecule has 0 saturated heterocycles. The SMILES string of the molecule is CCS(=O)(=O)c1ccccc1[N+](=O)[O-]. The summed E-state index contributed by atoms with van der Waals surface area (Å²) in [5, 5.41) is 10.5. The average molecular weight is 215 g/mol. The lowest BCUT2D eigenvalue weighted by Crippen LogP contribution is -2.06. The minimum absolute atomic E-state index is 0.141. The number of hydrogen-bond acceptors (Lipinski definition) is 4. The second-order valence-electron chi connectivity index (χ2n) is 2.63. The minimum Gasteiger partial charge on any atom is -0.258 e. The summed E-state index contributed by atoms with van der Waals surface area (Å²) >= 11 is 0. The maximum absolute atomic E-state index is 11.4. The zero-order valence-corrected chi connectivity index (χ0v) is 8.32. The number of nitro groups is 1. The molecule has 0 unspecified atom stereocenters. The molecule has 0 spiro atoms. The van der Waals surface area contributed by atoms with Gasteiger partial charge in [-0.2, -0.15) is 0 Å². The zero-order chi connectivity index (χ0) is 10.8. The lowest BCUT2D eigenvalue weighted by atomic mass is 10.3. The number of rotatable bonds is 3. The molecule has 0 saturated carbocycles. The Morgan fingerprint density at radius 3 is 2.43 bits per heavy atom. The van der Waals surface area contributed by atoms with Gasteiger partial charge < -0.3 is 0 Å².